The number of benzene rings is 2. The molecule has 0 bridgehead atoms. The number of nitriles is 1. The molecule has 2 heterocycles. The highest BCUT2D eigenvalue weighted by Crippen LogP contribution is 2.32. The van der Waals surface area contributed by atoms with Crippen molar-refractivity contribution in [3.8, 4) is 22.9 Å². The smallest absolute Gasteiger partial charge is 0.310 e. The molecule has 0 amide bonds. The van der Waals surface area contributed by atoms with E-state index in [2.05, 4.69) is 11.1 Å². The van der Waals surface area contributed by atoms with Crippen LogP contribution < -0.4 is 10.5 Å². The summed E-state index contributed by atoms with van der Waals surface area (Å²) in [5, 5.41) is 10.3. The van der Waals surface area contributed by atoms with Gasteiger partial charge in [-0.2, -0.15) is 5.26 Å². The minimum atomic E-state index is -0.399. The lowest BCUT2D eigenvalue weighted by atomic mass is 10.0. The van der Waals surface area contributed by atoms with Crippen molar-refractivity contribution in [3.63, 3.8) is 0 Å². The number of nitrogens with zero attached hydrogens (tertiary/aromatic N) is 2. The highest BCUT2D eigenvalue weighted by molar-refractivity contribution is 5.93. The number of ether oxygens (including phenoxy) is 3. The van der Waals surface area contributed by atoms with E-state index in [0.717, 1.165) is 33.4 Å². The Balaban J connectivity index is 1.59. The van der Waals surface area contributed by atoms with Crippen LogP contribution in [0, 0.1) is 11.3 Å². The molecule has 2 N–H and O–H groups in total. The van der Waals surface area contributed by atoms with Gasteiger partial charge in [0, 0.05) is 36.4 Å². The molecule has 0 aliphatic carbocycles. The molecule has 0 saturated heterocycles. The lowest BCUT2D eigenvalue weighted by Crippen LogP contribution is -2.21. The van der Waals surface area contributed by atoms with Crippen molar-refractivity contribution in [2.45, 2.75) is 32.6 Å². The number of hydrogen-bond acceptors (Lipinski definition) is 8. The third-order valence-corrected chi connectivity index (χ3v) is 5.61. The molecule has 184 valence electrons. The monoisotopic (exact) mass is 485 g/mol. The van der Waals surface area contributed by atoms with Gasteiger partial charge in [-0.25, -0.2) is 0 Å². The van der Waals surface area contributed by atoms with Crippen LogP contribution in [-0.2, 0) is 33.8 Å². The van der Waals surface area contributed by atoms with E-state index in [1.54, 1.807) is 44.7 Å². The van der Waals surface area contributed by atoms with Gasteiger partial charge in [0.25, 0.3) is 0 Å². The van der Waals surface area contributed by atoms with Crippen molar-refractivity contribution in [1.29, 1.82) is 5.26 Å². The zero-order valence-electron chi connectivity index (χ0n) is 20.2. The number of aromatic nitrogens is 1. The fraction of sp³-hybridized carbons (Fsp3) is 0.250. The summed E-state index contributed by atoms with van der Waals surface area (Å²) in [6.45, 7) is 2.63. The second-order valence-corrected chi connectivity index (χ2v) is 8.38. The number of carbonyl (C=O) groups excluding carboxylic acids is 1. The average molecular weight is 486 g/mol. The lowest BCUT2D eigenvalue weighted by molar-refractivity contribution is -0.149. The zero-order valence-corrected chi connectivity index (χ0v) is 20.2. The predicted molar refractivity (Wildman–Crippen MR) is 134 cm³/mol. The van der Waals surface area contributed by atoms with Crippen molar-refractivity contribution in [3.05, 3.63) is 83.4 Å². The first-order chi connectivity index (χ1) is 17.5. The Morgan fingerprint density at radius 3 is 2.83 bits per heavy atom. The number of esters is 1. The molecular formula is C28H27N3O5. The fourth-order valence-electron chi connectivity index (χ4n) is 3.96. The first kappa shape index (κ1) is 24.9. The van der Waals surface area contributed by atoms with Crippen LogP contribution in [0.1, 0.15) is 29.3 Å². The van der Waals surface area contributed by atoms with Crippen molar-refractivity contribution in [2.75, 3.05) is 13.7 Å². The quantitative estimate of drug-likeness (QED) is 0.325. The van der Waals surface area contributed by atoms with E-state index >= 15 is 0 Å². The van der Waals surface area contributed by atoms with Crippen LogP contribution >= 0.6 is 0 Å². The Morgan fingerprint density at radius 2 is 2.06 bits per heavy atom. The molecular weight excluding hydrogens is 458 g/mol. The van der Waals surface area contributed by atoms with Crippen molar-refractivity contribution in [2.24, 2.45) is 5.73 Å². The maximum atomic E-state index is 12.4. The van der Waals surface area contributed by atoms with Gasteiger partial charge in [-0.05, 0) is 60.5 Å². The Hall–Kier alpha value is -4.19. The first-order valence-electron chi connectivity index (χ1n) is 11.5. The van der Waals surface area contributed by atoms with Gasteiger partial charge in [0.15, 0.2) is 0 Å². The standard InChI is InChI=1S/C28H27N3O5/c1-18(16-33-2)36-27(32)13-22-4-3-19(14-29)11-26(22)35-17-20-9-23-6-8-34-28(23)25(10-20)21-5-7-31-24(12-21)15-30/h3-12,18H,13,15-17,30H2,1-2H3. The molecule has 0 aliphatic heterocycles. The third-order valence-electron chi connectivity index (χ3n) is 5.61. The maximum absolute atomic E-state index is 12.4. The molecule has 1 unspecified atom stereocenters. The summed E-state index contributed by atoms with van der Waals surface area (Å²) in [6, 6.07) is 16.8. The summed E-state index contributed by atoms with van der Waals surface area (Å²) < 4.78 is 22.3. The van der Waals surface area contributed by atoms with Crippen LogP contribution in [0.3, 0.4) is 0 Å². The topological polar surface area (TPSA) is 121 Å². The minimum Gasteiger partial charge on any atom is -0.489 e. The summed E-state index contributed by atoms with van der Waals surface area (Å²) in [4.78, 5) is 16.7. The number of carbonyl (C=O) groups is 1. The predicted octanol–water partition coefficient (Wildman–Crippen LogP) is 4.52. The van der Waals surface area contributed by atoms with Gasteiger partial charge in [0.1, 0.15) is 24.0 Å². The van der Waals surface area contributed by atoms with E-state index in [1.807, 2.05) is 30.3 Å². The van der Waals surface area contributed by atoms with Gasteiger partial charge in [0.2, 0.25) is 0 Å². The number of nitrogens with two attached hydrogens (primary N) is 1. The molecule has 0 spiro atoms. The number of methoxy groups -OCH3 is 1. The first-order valence-corrected chi connectivity index (χ1v) is 11.5. The van der Waals surface area contributed by atoms with Gasteiger partial charge in [-0.15, -0.1) is 0 Å². The van der Waals surface area contributed by atoms with E-state index in [0.29, 0.717) is 30.0 Å². The lowest BCUT2D eigenvalue weighted by Gasteiger charge is -2.15. The molecule has 8 heteroatoms. The molecule has 1 atom stereocenters. The van der Waals surface area contributed by atoms with Crippen LogP contribution in [0.5, 0.6) is 5.75 Å². The maximum Gasteiger partial charge on any atom is 0.310 e. The SMILES string of the molecule is COCC(C)OC(=O)Cc1ccc(C#N)cc1OCc1cc(-c2ccnc(CN)c2)c2occc2c1. The molecule has 0 aliphatic rings. The largest absolute Gasteiger partial charge is 0.489 e. The number of furan rings is 1. The molecule has 4 aromatic rings. The average Bonchev–Trinajstić information content (AvgIpc) is 3.36. The summed E-state index contributed by atoms with van der Waals surface area (Å²) in [7, 11) is 1.55. The number of hydrogen-bond donors (Lipinski definition) is 1. The summed E-state index contributed by atoms with van der Waals surface area (Å²) in [6.07, 6.45) is 3.02. The van der Waals surface area contributed by atoms with Crippen molar-refractivity contribution >= 4 is 16.9 Å². The Morgan fingerprint density at radius 1 is 1.19 bits per heavy atom. The second kappa shape index (κ2) is 11.5. The summed E-state index contributed by atoms with van der Waals surface area (Å²) >= 11 is 0. The Kier molecular flexibility index (Phi) is 7.95. The zero-order chi connectivity index (χ0) is 25.5. The normalized spacial score (nSPS) is 11.7. The van der Waals surface area contributed by atoms with E-state index in [-0.39, 0.29) is 19.1 Å². The highest BCUT2D eigenvalue weighted by Gasteiger charge is 2.16. The number of fused-ring (bicyclic) bond motifs is 1. The molecule has 8 nitrogen and oxygen atoms in total. The van der Waals surface area contributed by atoms with Crippen LogP contribution in [0.4, 0.5) is 0 Å². The van der Waals surface area contributed by atoms with Crippen LogP contribution in [0.2, 0.25) is 0 Å². The summed E-state index contributed by atoms with van der Waals surface area (Å²) in [5.74, 6) is 0.0539. The van der Waals surface area contributed by atoms with Crippen LogP contribution in [-0.4, -0.2) is 30.8 Å². The molecule has 2 aromatic heterocycles. The van der Waals surface area contributed by atoms with E-state index < -0.39 is 5.97 Å². The van der Waals surface area contributed by atoms with Crippen LogP contribution in [0.25, 0.3) is 22.1 Å². The summed E-state index contributed by atoms with van der Waals surface area (Å²) in [5.41, 5.74) is 11.1. The number of rotatable bonds is 10. The third kappa shape index (κ3) is 5.89. The van der Waals surface area contributed by atoms with Gasteiger partial charge in [-0.3, -0.25) is 9.78 Å². The van der Waals surface area contributed by atoms with Gasteiger partial charge in [-0.1, -0.05) is 6.07 Å². The van der Waals surface area contributed by atoms with E-state index in [1.165, 1.54) is 0 Å². The molecule has 0 radical (unpaired) electrons. The minimum absolute atomic E-state index is 0.0139. The molecule has 0 fully saturated rings. The number of pyridine rings is 1. The van der Waals surface area contributed by atoms with Gasteiger partial charge >= 0.3 is 5.97 Å². The van der Waals surface area contributed by atoms with Crippen molar-refractivity contribution < 1.29 is 23.4 Å². The fourth-order valence-corrected chi connectivity index (χ4v) is 3.96. The van der Waals surface area contributed by atoms with E-state index in [4.69, 9.17) is 24.4 Å². The van der Waals surface area contributed by atoms with Gasteiger partial charge < -0.3 is 24.4 Å². The van der Waals surface area contributed by atoms with E-state index in [9.17, 15) is 10.1 Å². The molecule has 2 aromatic carbocycles. The molecule has 0 saturated carbocycles. The Bertz CT molecular complexity index is 1410. The highest BCUT2D eigenvalue weighted by atomic mass is 16.6. The van der Waals surface area contributed by atoms with Gasteiger partial charge in [0.05, 0.1) is 36.6 Å². The van der Waals surface area contributed by atoms with Crippen molar-refractivity contribution in [1.82, 2.24) is 4.98 Å². The second-order valence-electron chi connectivity index (χ2n) is 8.38. The van der Waals surface area contributed by atoms with Crippen LogP contribution in [0.15, 0.2) is 65.4 Å². The molecule has 4 rings (SSSR count). The Labute approximate surface area is 209 Å². The molecule has 36 heavy (non-hydrogen) atoms.